The summed E-state index contributed by atoms with van der Waals surface area (Å²) in [6.45, 7) is 5.30. The van der Waals surface area contributed by atoms with Crippen LogP contribution < -0.4 is 10.9 Å². The predicted molar refractivity (Wildman–Crippen MR) is 107 cm³/mol. The smallest absolute Gasteiger partial charge is 0.251 e. The average molecular weight is 421 g/mol. The van der Waals surface area contributed by atoms with E-state index in [2.05, 4.69) is 5.32 Å². The molecule has 1 fully saturated rings. The highest BCUT2D eigenvalue weighted by Crippen LogP contribution is 2.14. The van der Waals surface area contributed by atoms with Gasteiger partial charge in [-0.05, 0) is 26.0 Å². The first-order valence-electron chi connectivity index (χ1n) is 8.99. The van der Waals surface area contributed by atoms with E-state index in [-0.39, 0.29) is 41.4 Å². The first-order valence-corrected chi connectivity index (χ1v) is 10.4. The van der Waals surface area contributed by atoms with Crippen LogP contribution in [0, 0.1) is 0 Å². The molecule has 0 aromatic carbocycles. The molecule has 1 atom stereocenters. The van der Waals surface area contributed by atoms with Crippen molar-refractivity contribution in [3.05, 3.63) is 28.7 Å². The van der Waals surface area contributed by atoms with E-state index >= 15 is 0 Å². The number of nitrogens with one attached hydrogen (secondary N) is 1. The fourth-order valence-corrected chi connectivity index (χ4v) is 4.66. The van der Waals surface area contributed by atoms with Gasteiger partial charge >= 0.3 is 0 Å². The molecule has 1 aliphatic rings. The Bertz CT molecular complexity index is 792. The van der Waals surface area contributed by atoms with Crippen molar-refractivity contribution in [2.45, 2.75) is 44.2 Å². The maximum absolute atomic E-state index is 12.6. The highest BCUT2D eigenvalue weighted by Gasteiger charge is 2.25. The normalized spacial score (nSPS) is 17.6. The summed E-state index contributed by atoms with van der Waals surface area (Å²) in [5, 5.41) is 3.17. The zero-order valence-electron chi connectivity index (χ0n) is 16.1. The third kappa shape index (κ3) is 5.54. The number of likely N-dealkylation sites (tertiary alicyclic amines) is 1. The van der Waals surface area contributed by atoms with Gasteiger partial charge in [-0.3, -0.25) is 9.59 Å². The zero-order valence-corrected chi connectivity index (χ0v) is 17.7. The first kappa shape index (κ1) is 23.6. The Morgan fingerprint density at radius 3 is 2.56 bits per heavy atom. The molecule has 1 saturated heterocycles. The van der Waals surface area contributed by atoms with Gasteiger partial charge in [0.2, 0.25) is 15.9 Å². The molecule has 2 heterocycles. The molecule has 1 unspecified atom stereocenters. The van der Waals surface area contributed by atoms with Crippen molar-refractivity contribution in [2.75, 3.05) is 33.2 Å². The fraction of sp³-hybridized carbons (Fsp3) is 0.647. The lowest BCUT2D eigenvalue weighted by Gasteiger charge is -2.32. The Balaban J connectivity index is 0.00000364. The zero-order chi connectivity index (χ0) is 19.3. The molecule has 8 nitrogen and oxygen atoms in total. The molecule has 10 heteroatoms. The number of sulfonamides is 1. The molecule has 0 saturated carbocycles. The Kier molecular flexibility index (Phi) is 8.93. The van der Waals surface area contributed by atoms with Crippen LogP contribution >= 0.6 is 12.4 Å². The van der Waals surface area contributed by atoms with Crippen molar-refractivity contribution in [1.82, 2.24) is 19.1 Å². The second-order valence-electron chi connectivity index (χ2n) is 6.39. The molecule has 1 aromatic heterocycles. The number of likely N-dealkylation sites (N-methyl/N-ethyl adjacent to an activating group) is 1. The largest absolute Gasteiger partial charge is 0.340 e. The minimum Gasteiger partial charge on any atom is -0.340 e. The molecular formula is C17H29ClN4O4S. The molecule has 0 spiro atoms. The molecule has 1 N–H and O–H groups in total. The first-order chi connectivity index (χ1) is 12.3. The predicted octanol–water partition coefficient (Wildman–Crippen LogP) is 0.511. The van der Waals surface area contributed by atoms with Crippen molar-refractivity contribution in [3.63, 3.8) is 0 Å². The number of carbonyl (C=O) groups is 1. The lowest BCUT2D eigenvalue weighted by Crippen LogP contribution is -2.48. The van der Waals surface area contributed by atoms with E-state index in [1.165, 1.54) is 27.2 Å². The molecule has 154 valence electrons. The molecule has 1 aromatic rings. The van der Waals surface area contributed by atoms with E-state index in [4.69, 9.17) is 0 Å². The average Bonchev–Trinajstić information content (AvgIpc) is 2.64. The molecule has 1 aliphatic heterocycles. The maximum atomic E-state index is 12.6. The highest BCUT2D eigenvalue weighted by atomic mass is 35.5. The third-order valence-electron chi connectivity index (χ3n) is 4.79. The van der Waals surface area contributed by atoms with Gasteiger partial charge in [-0.2, -0.15) is 4.31 Å². The van der Waals surface area contributed by atoms with Crippen molar-refractivity contribution in [3.8, 4) is 0 Å². The van der Waals surface area contributed by atoms with Crippen molar-refractivity contribution < 1.29 is 13.2 Å². The van der Waals surface area contributed by atoms with E-state index in [0.29, 0.717) is 26.2 Å². The Morgan fingerprint density at radius 2 is 1.96 bits per heavy atom. The van der Waals surface area contributed by atoms with Crippen molar-refractivity contribution in [1.29, 1.82) is 0 Å². The van der Waals surface area contributed by atoms with E-state index in [1.54, 1.807) is 18.7 Å². The number of amides is 1. The molecule has 0 aliphatic carbocycles. The quantitative estimate of drug-likeness (QED) is 0.694. The van der Waals surface area contributed by atoms with E-state index in [0.717, 1.165) is 12.8 Å². The SMILES string of the molecule is CCN(CC)S(=O)(=O)c1ccc(=O)n(CC(=O)N2CCCC(NC)C2)c1.Cl. The van der Waals surface area contributed by atoms with Crippen LogP contribution in [0.2, 0.25) is 0 Å². The van der Waals surface area contributed by atoms with Crippen LogP contribution in [0.1, 0.15) is 26.7 Å². The van der Waals surface area contributed by atoms with Crippen LogP contribution in [-0.2, 0) is 21.4 Å². The molecule has 2 rings (SSSR count). The molecule has 0 radical (unpaired) electrons. The van der Waals surface area contributed by atoms with Gasteiger partial charge in [0.15, 0.2) is 0 Å². The van der Waals surface area contributed by atoms with Crippen molar-refractivity contribution >= 4 is 28.3 Å². The summed E-state index contributed by atoms with van der Waals surface area (Å²) in [6, 6.07) is 2.75. The summed E-state index contributed by atoms with van der Waals surface area (Å²) in [7, 11) is -1.81. The van der Waals surface area contributed by atoms with Crippen LogP contribution in [0.5, 0.6) is 0 Å². The number of hydrogen-bond donors (Lipinski definition) is 1. The molecule has 0 bridgehead atoms. The molecular weight excluding hydrogens is 392 g/mol. The van der Waals surface area contributed by atoms with E-state index < -0.39 is 10.0 Å². The summed E-state index contributed by atoms with van der Waals surface area (Å²) in [5.74, 6) is -0.176. The number of halogens is 1. The number of carbonyl (C=O) groups excluding carboxylic acids is 1. The topological polar surface area (TPSA) is 91.7 Å². The van der Waals surface area contributed by atoms with Gasteiger partial charge < -0.3 is 14.8 Å². The van der Waals surface area contributed by atoms with Gasteiger partial charge in [-0.25, -0.2) is 8.42 Å². The van der Waals surface area contributed by atoms with Gasteiger partial charge in [-0.1, -0.05) is 13.8 Å². The number of nitrogens with zero attached hydrogens (tertiary/aromatic N) is 3. The van der Waals surface area contributed by atoms with E-state index in [9.17, 15) is 18.0 Å². The fourth-order valence-electron chi connectivity index (χ4n) is 3.18. The molecule has 27 heavy (non-hydrogen) atoms. The van der Waals surface area contributed by atoms with Gasteiger partial charge in [0.1, 0.15) is 6.54 Å². The Labute approximate surface area is 167 Å². The minimum absolute atomic E-state index is 0. The van der Waals surface area contributed by atoms with Crippen LogP contribution in [0.3, 0.4) is 0 Å². The number of aromatic nitrogens is 1. The number of hydrogen-bond acceptors (Lipinski definition) is 5. The monoisotopic (exact) mass is 420 g/mol. The van der Waals surface area contributed by atoms with Gasteiger partial charge in [-0.15, -0.1) is 12.4 Å². The maximum Gasteiger partial charge on any atom is 0.251 e. The second-order valence-corrected chi connectivity index (χ2v) is 8.33. The van der Waals surface area contributed by atoms with Gasteiger partial charge in [0, 0.05) is 44.5 Å². The minimum atomic E-state index is -3.68. The van der Waals surface area contributed by atoms with Crippen LogP contribution in [-0.4, -0.2) is 67.4 Å². The standard InChI is InChI=1S/C17H28N4O4S.ClH/c1-4-21(5-2)26(24,25)15-8-9-16(22)20(12-15)13-17(23)19-10-6-7-14(11-19)18-3;/h8-9,12,14,18H,4-7,10-11,13H2,1-3H3;1H. The summed E-state index contributed by atoms with van der Waals surface area (Å²) in [6.07, 6.45) is 3.19. The lowest BCUT2D eigenvalue weighted by atomic mass is 10.1. The number of rotatable bonds is 7. The van der Waals surface area contributed by atoms with Crippen molar-refractivity contribution in [2.24, 2.45) is 0 Å². The second kappa shape index (κ2) is 10.2. The number of pyridine rings is 1. The summed E-state index contributed by atoms with van der Waals surface area (Å²) < 4.78 is 27.8. The Hall–Kier alpha value is -1.42. The summed E-state index contributed by atoms with van der Waals surface area (Å²) >= 11 is 0. The van der Waals surface area contributed by atoms with Crippen LogP contribution in [0.4, 0.5) is 0 Å². The Morgan fingerprint density at radius 1 is 1.30 bits per heavy atom. The van der Waals surface area contributed by atoms with Crippen LogP contribution in [0.25, 0.3) is 0 Å². The van der Waals surface area contributed by atoms with Gasteiger partial charge in [0.05, 0.1) is 4.90 Å². The summed E-state index contributed by atoms with van der Waals surface area (Å²) in [4.78, 5) is 26.4. The molecule has 1 amide bonds. The third-order valence-corrected chi connectivity index (χ3v) is 6.82. The highest BCUT2D eigenvalue weighted by molar-refractivity contribution is 7.89. The summed E-state index contributed by atoms with van der Waals surface area (Å²) in [5.41, 5.74) is -0.390. The van der Waals surface area contributed by atoms with Gasteiger partial charge in [0.25, 0.3) is 5.56 Å². The van der Waals surface area contributed by atoms with Crippen LogP contribution in [0.15, 0.2) is 28.0 Å². The number of piperidine rings is 1. The van der Waals surface area contributed by atoms with E-state index in [1.807, 2.05) is 7.05 Å². The lowest BCUT2D eigenvalue weighted by molar-refractivity contribution is -0.133.